The largest absolute Gasteiger partial charge is 0.497 e. The molecule has 1 aromatic carbocycles. The molecule has 130 valence electrons. The standard InChI is InChI=1S/C18H14N4O4/c1-25-11-5-10(6-12(7-11)26-2)9-22-16-15(20-21-22)17(23)13-3-4-19-8-14(13)18(16)24/h3-8H,9H2,1-2H3. The fourth-order valence-electron chi connectivity index (χ4n) is 2.96. The van der Waals surface area contributed by atoms with Crippen LogP contribution in [0.15, 0.2) is 36.7 Å². The minimum Gasteiger partial charge on any atom is -0.497 e. The van der Waals surface area contributed by atoms with Crippen molar-refractivity contribution >= 4 is 11.6 Å². The summed E-state index contributed by atoms with van der Waals surface area (Å²) < 4.78 is 11.9. The van der Waals surface area contributed by atoms with Crippen LogP contribution in [0.4, 0.5) is 0 Å². The summed E-state index contributed by atoms with van der Waals surface area (Å²) in [6.07, 6.45) is 2.87. The molecule has 4 rings (SSSR count). The molecular weight excluding hydrogens is 336 g/mol. The topological polar surface area (TPSA) is 96.2 Å². The lowest BCUT2D eigenvalue weighted by Crippen LogP contribution is -2.24. The first-order valence-corrected chi connectivity index (χ1v) is 7.81. The number of pyridine rings is 1. The van der Waals surface area contributed by atoms with E-state index in [2.05, 4.69) is 15.3 Å². The van der Waals surface area contributed by atoms with Gasteiger partial charge < -0.3 is 9.47 Å². The highest BCUT2D eigenvalue weighted by Crippen LogP contribution is 2.27. The first kappa shape index (κ1) is 15.9. The summed E-state index contributed by atoms with van der Waals surface area (Å²) in [4.78, 5) is 29.4. The lowest BCUT2D eigenvalue weighted by Gasteiger charge is -2.14. The molecule has 2 aromatic heterocycles. The van der Waals surface area contributed by atoms with Crippen molar-refractivity contribution in [3.63, 3.8) is 0 Å². The van der Waals surface area contributed by atoms with Crippen molar-refractivity contribution in [2.45, 2.75) is 6.54 Å². The predicted molar refractivity (Wildman–Crippen MR) is 89.8 cm³/mol. The number of fused-ring (bicyclic) bond motifs is 2. The van der Waals surface area contributed by atoms with Crippen molar-refractivity contribution in [3.8, 4) is 11.5 Å². The Bertz CT molecular complexity index is 1020. The Labute approximate surface area is 148 Å². The number of ketones is 2. The summed E-state index contributed by atoms with van der Waals surface area (Å²) >= 11 is 0. The Morgan fingerprint density at radius 1 is 1.00 bits per heavy atom. The number of rotatable bonds is 4. The molecule has 0 unspecified atom stereocenters. The van der Waals surface area contributed by atoms with E-state index in [0.29, 0.717) is 17.1 Å². The molecule has 8 nitrogen and oxygen atoms in total. The van der Waals surface area contributed by atoms with Crippen LogP contribution in [-0.4, -0.2) is 45.8 Å². The zero-order valence-electron chi connectivity index (χ0n) is 14.1. The van der Waals surface area contributed by atoms with Crippen LogP contribution in [0.25, 0.3) is 0 Å². The van der Waals surface area contributed by atoms with Crippen LogP contribution in [-0.2, 0) is 6.54 Å². The molecule has 0 saturated heterocycles. The zero-order valence-corrected chi connectivity index (χ0v) is 14.1. The van der Waals surface area contributed by atoms with E-state index in [9.17, 15) is 9.59 Å². The van der Waals surface area contributed by atoms with Crippen molar-refractivity contribution in [3.05, 3.63) is 64.7 Å². The summed E-state index contributed by atoms with van der Waals surface area (Å²) in [7, 11) is 3.12. The van der Waals surface area contributed by atoms with E-state index in [1.807, 2.05) is 0 Å². The maximum Gasteiger partial charge on any atom is 0.216 e. The molecule has 0 aliphatic heterocycles. The Balaban J connectivity index is 1.77. The SMILES string of the molecule is COc1cc(Cn2nnc3c2C(=O)c2cnccc2C3=O)cc(OC)c1. The van der Waals surface area contributed by atoms with Gasteiger partial charge in [0.1, 0.15) is 17.2 Å². The van der Waals surface area contributed by atoms with E-state index < -0.39 is 0 Å². The van der Waals surface area contributed by atoms with Gasteiger partial charge in [-0.3, -0.25) is 14.6 Å². The Kier molecular flexibility index (Phi) is 3.72. The fraction of sp³-hybridized carbons (Fsp3) is 0.167. The van der Waals surface area contributed by atoms with Crippen molar-refractivity contribution in [1.29, 1.82) is 0 Å². The molecule has 0 radical (unpaired) electrons. The second-order valence-corrected chi connectivity index (χ2v) is 5.74. The van der Waals surface area contributed by atoms with Crippen LogP contribution in [0.1, 0.15) is 37.7 Å². The molecule has 2 heterocycles. The maximum absolute atomic E-state index is 12.8. The molecule has 1 aliphatic rings. The number of benzene rings is 1. The minimum absolute atomic E-state index is 0.0589. The van der Waals surface area contributed by atoms with Gasteiger partial charge >= 0.3 is 0 Å². The first-order valence-electron chi connectivity index (χ1n) is 7.81. The Hall–Kier alpha value is -3.55. The van der Waals surface area contributed by atoms with Crippen LogP contribution in [0.5, 0.6) is 11.5 Å². The van der Waals surface area contributed by atoms with Gasteiger partial charge in [0.25, 0.3) is 0 Å². The molecule has 0 spiro atoms. The highest BCUT2D eigenvalue weighted by atomic mass is 16.5. The van der Waals surface area contributed by atoms with E-state index in [4.69, 9.17) is 9.47 Å². The van der Waals surface area contributed by atoms with Crippen LogP contribution in [0.2, 0.25) is 0 Å². The average molecular weight is 350 g/mol. The van der Waals surface area contributed by atoms with Gasteiger partial charge in [-0.25, -0.2) is 4.68 Å². The van der Waals surface area contributed by atoms with Gasteiger partial charge in [-0.15, -0.1) is 5.10 Å². The second kappa shape index (κ2) is 6.07. The molecular formula is C18H14N4O4. The molecule has 0 bridgehead atoms. The molecule has 0 saturated carbocycles. The summed E-state index contributed by atoms with van der Waals surface area (Å²) in [5.41, 5.74) is 1.58. The predicted octanol–water partition coefficient (Wildman–Crippen LogP) is 1.51. The molecule has 8 heteroatoms. The van der Waals surface area contributed by atoms with Gasteiger partial charge in [-0.2, -0.15) is 0 Å². The third-order valence-corrected chi connectivity index (χ3v) is 4.22. The highest BCUT2D eigenvalue weighted by molar-refractivity contribution is 6.26. The number of hydrogen-bond donors (Lipinski definition) is 0. The van der Waals surface area contributed by atoms with Gasteiger partial charge in [0.2, 0.25) is 11.6 Å². The molecule has 0 fully saturated rings. The zero-order chi connectivity index (χ0) is 18.3. The average Bonchev–Trinajstić information content (AvgIpc) is 3.09. The summed E-state index contributed by atoms with van der Waals surface area (Å²) in [6, 6.07) is 6.88. The number of aromatic nitrogens is 4. The molecule has 0 N–H and O–H groups in total. The van der Waals surface area contributed by atoms with Crippen molar-refractivity contribution in [1.82, 2.24) is 20.0 Å². The number of carbonyl (C=O) groups excluding carboxylic acids is 2. The lowest BCUT2D eigenvalue weighted by atomic mass is 9.91. The normalized spacial score (nSPS) is 12.5. The fourth-order valence-corrected chi connectivity index (χ4v) is 2.96. The second-order valence-electron chi connectivity index (χ2n) is 5.74. The molecule has 3 aromatic rings. The summed E-state index contributed by atoms with van der Waals surface area (Å²) in [5.74, 6) is 0.588. The quantitative estimate of drug-likeness (QED) is 0.550. The minimum atomic E-state index is -0.327. The Morgan fingerprint density at radius 3 is 2.42 bits per heavy atom. The van der Waals surface area contributed by atoms with Gasteiger partial charge in [0.15, 0.2) is 5.69 Å². The number of carbonyl (C=O) groups is 2. The van der Waals surface area contributed by atoms with Crippen LogP contribution in [0.3, 0.4) is 0 Å². The Morgan fingerprint density at radius 2 is 1.73 bits per heavy atom. The third kappa shape index (κ3) is 2.43. The van der Waals surface area contributed by atoms with Gasteiger partial charge in [-0.1, -0.05) is 5.21 Å². The van der Waals surface area contributed by atoms with E-state index in [-0.39, 0.29) is 35.1 Å². The van der Waals surface area contributed by atoms with E-state index in [0.717, 1.165) is 5.56 Å². The summed E-state index contributed by atoms with van der Waals surface area (Å²) in [5, 5.41) is 7.94. The smallest absolute Gasteiger partial charge is 0.216 e. The van der Waals surface area contributed by atoms with Crippen LogP contribution < -0.4 is 9.47 Å². The molecule has 26 heavy (non-hydrogen) atoms. The number of hydrogen-bond acceptors (Lipinski definition) is 7. The van der Waals surface area contributed by atoms with Crippen LogP contribution in [0, 0.1) is 0 Å². The molecule has 0 amide bonds. The monoisotopic (exact) mass is 350 g/mol. The number of methoxy groups -OCH3 is 2. The lowest BCUT2D eigenvalue weighted by molar-refractivity contribution is 0.0970. The summed E-state index contributed by atoms with van der Waals surface area (Å²) in [6.45, 7) is 0.241. The first-order chi connectivity index (χ1) is 12.6. The van der Waals surface area contributed by atoms with E-state index in [1.165, 1.54) is 23.1 Å². The van der Waals surface area contributed by atoms with Crippen molar-refractivity contribution in [2.75, 3.05) is 14.2 Å². The highest BCUT2D eigenvalue weighted by Gasteiger charge is 2.35. The van der Waals surface area contributed by atoms with E-state index in [1.54, 1.807) is 32.4 Å². The third-order valence-electron chi connectivity index (χ3n) is 4.22. The number of nitrogens with zero attached hydrogens (tertiary/aromatic N) is 4. The van der Waals surface area contributed by atoms with Gasteiger partial charge in [-0.05, 0) is 23.8 Å². The van der Waals surface area contributed by atoms with Gasteiger partial charge in [0, 0.05) is 24.0 Å². The van der Waals surface area contributed by atoms with Crippen LogP contribution >= 0.6 is 0 Å². The molecule has 1 aliphatic carbocycles. The van der Waals surface area contributed by atoms with E-state index >= 15 is 0 Å². The van der Waals surface area contributed by atoms with Crippen molar-refractivity contribution < 1.29 is 19.1 Å². The maximum atomic E-state index is 12.8. The van der Waals surface area contributed by atoms with Crippen molar-refractivity contribution in [2.24, 2.45) is 0 Å². The number of ether oxygens (including phenoxy) is 2. The van der Waals surface area contributed by atoms with Gasteiger partial charge in [0.05, 0.1) is 26.3 Å². The molecule has 0 atom stereocenters.